The lowest BCUT2D eigenvalue weighted by Crippen LogP contribution is -2.49. The van der Waals surface area contributed by atoms with E-state index in [0.29, 0.717) is 18.7 Å². The molecule has 0 aromatic carbocycles. The predicted octanol–water partition coefficient (Wildman–Crippen LogP) is 2.38. The molecule has 0 N–H and O–H groups in total. The Morgan fingerprint density at radius 2 is 1.93 bits per heavy atom. The molecule has 0 amide bonds. The third-order valence-electron chi connectivity index (χ3n) is 3.27. The largest absolute Gasteiger partial charge is 0.373 e. The minimum Gasteiger partial charge on any atom is -0.373 e. The number of alkyl halides is 1. The fraction of sp³-hybridized carbons (Fsp3) is 1.00. The average Bonchev–Trinajstić information content (AvgIpc) is 2.41. The van der Waals surface area contributed by atoms with E-state index in [4.69, 9.17) is 4.74 Å². The Balaban J connectivity index is 1.70. The Morgan fingerprint density at radius 1 is 1.27 bits per heavy atom. The third-order valence-corrected chi connectivity index (χ3v) is 3.27. The molecule has 1 atom stereocenters. The van der Waals surface area contributed by atoms with Crippen LogP contribution >= 0.6 is 0 Å². The number of nitrogens with zero attached hydrogens (tertiary/aromatic N) is 1. The summed E-state index contributed by atoms with van der Waals surface area (Å²) in [6, 6.07) is 0.582. The lowest BCUT2D eigenvalue weighted by Gasteiger charge is -2.43. The Labute approximate surface area is 91.8 Å². The maximum Gasteiger partial charge on any atom is 0.114 e. The summed E-state index contributed by atoms with van der Waals surface area (Å²) in [5.41, 5.74) is -0.0384. The second kappa shape index (κ2) is 4.02. The van der Waals surface area contributed by atoms with E-state index in [1.165, 1.54) is 0 Å². The van der Waals surface area contributed by atoms with Gasteiger partial charge in [0.15, 0.2) is 0 Å². The van der Waals surface area contributed by atoms with Crippen LogP contribution in [0.5, 0.6) is 0 Å². The average molecular weight is 215 g/mol. The van der Waals surface area contributed by atoms with Crippen LogP contribution in [0.15, 0.2) is 0 Å². The summed E-state index contributed by atoms with van der Waals surface area (Å²) in [5.74, 6) is 0. The van der Waals surface area contributed by atoms with E-state index in [1.807, 2.05) is 0 Å². The van der Waals surface area contributed by atoms with Gasteiger partial charge in [0.2, 0.25) is 0 Å². The van der Waals surface area contributed by atoms with E-state index in [-0.39, 0.29) is 5.60 Å². The highest BCUT2D eigenvalue weighted by atomic mass is 19.1. The van der Waals surface area contributed by atoms with Crippen LogP contribution in [0.1, 0.15) is 40.0 Å². The summed E-state index contributed by atoms with van der Waals surface area (Å²) in [4.78, 5) is 2.28. The van der Waals surface area contributed by atoms with E-state index in [0.717, 1.165) is 25.8 Å². The van der Waals surface area contributed by atoms with Gasteiger partial charge in [-0.05, 0) is 40.0 Å². The van der Waals surface area contributed by atoms with Gasteiger partial charge in [-0.1, -0.05) is 0 Å². The molecule has 1 saturated heterocycles. The van der Waals surface area contributed by atoms with Gasteiger partial charge in [0.25, 0.3) is 0 Å². The van der Waals surface area contributed by atoms with Gasteiger partial charge >= 0.3 is 0 Å². The normalized spacial score (nSPS) is 38.0. The molecule has 1 aliphatic carbocycles. The lowest BCUT2D eigenvalue weighted by molar-refractivity contribution is -0.118. The van der Waals surface area contributed by atoms with Crippen LogP contribution in [0.4, 0.5) is 4.39 Å². The lowest BCUT2D eigenvalue weighted by atomic mass is 9.87. The van der Waals surface area contributed by atoms with E-state index in [1.54, 1.807) is 0 Å². The zero-order valence-corrected chi connectivity index (χ0v) is 10.0. The van der Waals surface area contributed by atoms with Crippen molar-refractivity contribution in [3.8, 4) is 0 Å². The zero-order chi connectivity index (χ0) is 11.1. The van der Waals surface area contributed by atoms with Crippen molar-refractivity contribution >= 4 is 0 Å². The molecule has 1 aliphatic heterocycles. The van der Waals surface area contributed by atoms with Crippen molar-refractivity contribution in [2.45, 2.75) is 64.0 Å². The van der Waals surface area contributed by atoms with Gasteiger partial charge in [-0.3, -0.25) is 4.90 Å². The zero-order valence-electron chi connectivity index (χ0n) is 10.0. The highest BCUT2D eigenvalue weighted by molar-refractivity contribution is 4.92. The summed E-state index contributed by atoms with van der Waals surface area (Å²) < 4.78 is 18.9. The molecule has 2 fully saturated rings. The number of rotatable bonds is 2. The number of likely N-dealkylation sites (tertiary alicyclic amines) is 1. The van der Waals surface area contributed by atoms with Crippen molar-refractivity contribution in [2.24, 2.45) is 0 Å². The first kappa shape index (κ1) is 11.3. The molecule has 2 nitrogen and oxygen atoms in total. The van der Waals surface area contributed by atoms with E-state index >= 15 is 0 Å². The Bertz CT molecular complexity index is 220. The second-order valence-electron chi connectivity index (χ2n) is 5.86. The maximum absolute atomic E-state index is 13.0. The predicted molar refractivity (Wildman–Crippen MR) is 58.7 cm³/mol. The van der Waals surface area contributed by atoms with Gasteiger partial charge in [0.1, 0.15) is 6.17 Å². The first-order valence-corrected chi connectivity index (χ1v) is 6.00. The van der Waals surface area contributed by atoms with Gasteiger partial charge in [-0.2, -0.15) is 0 Å². The third kappa shape index (κ3) is 2.91. The summed E-state index contributed by atoms with van der Waals surface area (Å²) in [7, 11) is 0. The molecule has 0 radical (unpaired) electrons. The molecule has 0 aromatic rings. The molecule has 1 heterocycles. The van der Waals surface area contributed by atoms with Crippen LogP contribution in [0, 0.1) is 0 Å². The Kier molecular flexibility index (Phi) is 3.04. The fourth-order valence-corrected chi connectivity index (χ4v) is 2.51. The van der Waals surface area contributed by atoms with Crippen LogP contribution in [-0.2, 0) is 4.74 Å². The number of halogens is 1. The molecule has 15 heavy (non-hydrogen) atoms. The van der Waals surface area contributed by atoms with E-state index < -0.39 is 6.17 Å². The van der Waals surface area contributed by atoms with Crippen LogP contribution in [0.25, 0.3) is 0 Å². The molecule has 0 bridgehead atoms. The minimum atomic E-state index is -0.590. The maximum atomic E-state index is 13.0. The summed E-state index contributed by atoms with van der Waals surface area (Å²) in [6.45, 7) is 7.86. The summed E-state index contributed by atoms with van der Waals surface area (Å²) in [5, 5.41) is 0. The van der Waals surface area contributed by atoms with Crippen LogP contribution < -0.4 is 0 Å². The van der Waals surface area contributed by atoms with E-state index in [2.05, 4.69) is 25.7 Å². The topological polar surface area (TPSA) is 12.5 Å². The van der Waals surface area contributed by atoms with Crippen LogP contribution in [-0.4, -0.2) is 41.9 Å². The molecular formula is C12H22FNO. The highest BCUT2D eigenvalue weighted by Crippen LogP contribution is 2.33. The molecular weight excluding hydrogens is 193 g/mol. The van der Waals surface area contributed by atoms with Crippen molar-refractivity contribution in [3.63, 3.8) is 0 Å². The number of hydrogen-bond acceptors (Lipinski definition) is 2. The summed E-state index contributed by atoms with van der Waals surface area (Å²) >= 11 is 0. The molecule has 2 rings (SSSR count). The van der Waals surface area contributed by atoms with Gasteiger partial charge in [-0.15, -0.1) is 0 Å². The van der Waals surface area contributed by atoms with Crippen molar-refractivity contribution in [1.82, 2.24) is 4.90 Å². The van der Waals surface area contributed by atoms with E-state index in [9.17, 15) is 4.39 Å². The Hall–Kier alpha value is -0.150. The standard InChI is InChI=1S/C12H22FNO/c1-12(2,3)15-11-6-10(7-11)14-5-4-9(13)8-14/h9-11H,4-8H2,1-3H3/t9-,10?,11?/m1/s1. The molecule has 2 aliphatic rings. The highest BCUT2D eigenvalue weighted by Gasteiger charge is 2.39. The van der Waals surface area contributed by atoms with Crippen LogP contribution in [0.2, 0.25) is 0 Å². The first-order chi connectivity index (χ1) is 6.94. The van der Waals surface area contributed by atoms with Gasteiger partial charge < -0.3 is 4.74 Å². The second-order valence-corrected chi connectivity index (χ2v) is 5.86. The van der Waals surface area contributed by atoms with Gasteiger partial charge in [-0.25, -0.2) is 4.39 Å². The Morgan fingerprint density at radius 3 is 2.40 bits per heavy atom. The molecule has 88 valence electrons. The quantitative estimate of drug-likeness (QED) is 0.701. The van der Waals surface area contributed by atoms with Gasteiger partial charge in [0.05, 0.1) is 11.7 Å². The fourth-order valence-electron chi connectivity index (χ4n) is 2.51. The SMILES string of the molecule is CC(C)(C)OC1CC(N2CC[C@@H](F)C2)C1. The van der Waals surface area contributed by atoms with Crippen molar-refractivity contribution in [2.75, 3.05) is 13.1 Å². The smallest absolute Gasteiger partial charge is 0.114 e. The molecule has 1 saturated carbocycles. The van der Waals surface area contributed by atoms with Crippen molar-refractivity contribution in [1.29, 1.82) is 0 Å². The number of ether oxygens (including phenoxy) is 1. The monoisotopic (exact) mass is 215 g/mol. The molecule has 0 spiro atoms. The molecule has 0 unspecified atom stereocenters. The first-order valence-electron chi connectivity index (χ1n) is 6.00. The van der Waals surface area contributed by atoms with Crippen LogP contribution in [0.3, 0.4) is 0 Å². The number of hydrogen-bond donors (Lipinski definition) is 0. The molecule has 3 heteroatoms. The minimum absolute atomic E-state index is 0.0384. The summed E-state index contributed by atoms with van der Waals surface area (Å²) in [6.07, 6.45) is 2.70. The molecule has 0 aromatic heterocycles. The van der Waals surface area contributed by atoms with Crippen molar-refractivity contribution in [3.05, 3.63) is 0 Å². The van der Waals surface area contributed by atoms with Crippen molar-refractivity contribution < 1.29 is 9.13 Å². The van der Waals surface area contributed by atoms with Gasteiger partial charge in [0, 0.05) is 19.1 Å².